The lowest BCUT2D eigenvalue weighted by Crippen LogP contribution is -2.54. The quantitative estimate of drug-likeness (QED) is 0.315. The number of nitrogens with one attached hydrogen (secondary N) is 1. The molecule has 0 unspecified atom stereocenters. The van der Waals surface area contributed by atoms with E-state index in [1.807, 2.05) is 12.1 Å². The van der Waals surface area contributed by atoms with Crippen LogP contribution in [0.1, 0.15) is 23.1 Å². The van der Waals surface area contributed by atoms with Crippen molar-refractivity contribution in [2.24, 2.45) is 0 Å². The van der Waals surface area contributed by atoms with Gasteiger partial charge < -0.3 is 4.90 Å². The molecule has 3 aromatic carbocycles. The van der Waals surface area contributed by atoms with Crippen molar-refractivity contribution in [1.29, 1.82) is 0 Å². The number of aryl methyl sites for hydroxylation is 1. The summed E-state index contributed by atoms with van der Waals surface area (Å²) in [6.07, 6.45) is 3.64. The molecule has 7 heteroatoms. The fraction of sp³-hybridized carbons (Fsp3) is 0.148. The predicted octanol–water partition coefficient (Wildman–Crippen LogP) is 5.12. The third kappa shape index (κ3) is 4.47. The number of carbonyl (C=O) groups excluding carboxylic acids is 2. The molecular formula is C27H22ClN3O2S. The lowest BCUT2D eigenvalue weighted by molar-refractivity contribution is -0.122. The minimum Gasteiger partial charge on any atom is -0.367 e. The molecule has 5 rings (SSSR count). The molecule has 0 radical (unpaired) electrons. The van der Waals surface area contributed by atoms with Gasteiger partial charge in [0, 0.05) is 23.8 Å². The van der Waals surface area contributed by atoms with Crippen molar-refractivity contribution in [2.75, 3.05) is 16.3 Å². The van der Waals surface area contributed by atoms with E-state index in [2.05, 4.69) is 46.6 Å². The molecule has 0 atom stereocenters. The molecule has 0 aliphatic carbocycles. The first-order valence-corrected chi connectivity index (χ1v) is 11.9. The maximum atomic E-state index is 13.3. The highest BCUT2D eigenvalue weighted by Crippen LogP contribution is 2.31. The van der Waals surface area contributed by atoms with Crippen molar-refractivity contribution in [3.8, 4) is 0 Å². The molecule has 0 spiro atoms. The summed E-state index contributed by atoms with van der Waals surface area (Å²) in [4.78, 5) is 29.6. The Kier molecular flexibility index (Phi) is 6.18. The van der Waals surface area contributed by atoms with Crippen LogP contribution in [0.2, 0.25) is 5.02 Å². The maximum Gasteiger partial charge on any atom is 0.270 e. The van der Waals surface area contributed by atoms with Gasteiger partial charge in [-0.3, -0.25) is 19.8 Å². The Bertz CT molecular complexity index is 1320. The lowest BCUT2D eigenvalue weighted by Gasteiger charge is -2.32. The number of anilines is 2. The van der Waals surface area contributed by atoms with Crippen LogP contribution in [0.5, 0.6) is 0 Å². The standard InChI is InChI=1S/C27H22ClN3O2S/c28-21-9-4-10-22(16-21)31-26(33)23(25(32)29-27(31)34)15-19-11-12-24-20(14-19)8-5-13-30(24)17-18-6-2-1-3-7-18/h1-4,6-7,9-12,14-16H,5,8,13,17H2,(H,29,32,34)/b23-15+. The van der Waals surface area contributed by atoms with Crippen molar-refractivity contribution >= 4 is 58.2 Å². The number of rotatable bonds is 4. The average molecular weight is 488 g/mol. The van der Waals surface area contributed by atoms with Gasteiger partial charge in [0.15, 0.2) is 5.11 Å². The highest BCUT2D eigenvalue weighted by atomic mass is 35.5. The number of halogens is 1. The Morgan fingerprint density at radius 1 is 1.00 bits per heavy atom. The molecule has 0 bridgehead atoms. The van der Waals surface area contributed by atoms with Crippen LogP contribution in [0.25, 0.3) is 6.08 Å². The van der Waals surface area contributed by atoms with Gasteiger partial charge in [-0.15, -0.1) is 0 Å². The first-order chi connectivity index (χ1) is 16.5. The first-order valence-electron chi connectivity index (χ1n) is 11.1. The summed E-state index contributed by atoms with van der Waals surface area (Å²) in [6, 6.07) is 23.3. The second-order valence-corrected chi connectivity index (χ2v) is 9.16. The highest BCUT2D eigenvalue weighted by Gasteiger charge is 2.34. The second kappa shape index (κ2) is 9.41. The number of carbonyl (C=O) groups is 2. The highest BCUT2D eigenvalue weighted by molar-refractivity contribution is 7.80. The van der Waals surface area contributed by atoms with Gasteiger partial charge in [-0.05, 0) is 78.2 Å². The fourth-order valence-electron chi connectivity index (χ4n) is 4.43. The molecular weight excluding hydrogens is 466 g/mol. The number of hydrogen-bond acceptors (Lipinski definition) is 4. The SMILES string of the molecule is O=C1NC(=S)N(c2cccc(Cl)c2)C(=O)/C1=C/c1ccc2c(c1)CCCN2Cc1ccccc1. The number of fused-ring (bicyclic) bond motifs is 1. The molecule has 1 fully saturated rings. The normalized spacial score (nSPS) is 17.1. The van der Waals surface area contributed by atoms with Crippen molar-refractivity contribution in [3.63, 3.8) is 0 Å². The molecule has 3 aromatic rings. The Balaban J connectivity index is 1.44. The molecule has 1 saturated heterocycles. The van der Waals surface area contributed by atoms with Gasteiger partial charge in [-0.1, -0.05) is 54.1 Å². The van der Waals surface area contributed by atoms with E-state index in [9.17, 15) is 9.59 Å². The van der Waals surface area contributed by atoms with Crippen LogP contribution in [0.4, 0.5) is 11.4 Å². The molecule has 5 nitrogen and oxygen atoms in total. The zero-order valence-corrected chi connectivity index (χ0v) is 19.9. The van der Waals surface area contributed by atoms with E-state index in [-0.39, 0.29) is 10.7 Å². The summed E-state index contributed by atoms with van der Waals surface area (Å²) in [5.41, 5.74) is 5.02. The number of hydrogen-bond donors (Lipinski definition) is 1. The van der Waals surface area contributed by atoms with Gasteiger partial charge in [0.25, 0.3) is 11.8 Å². The summed E-state index contributed by atoms with van der Waals surface area (Å²) in [7, 11) is 0. The smallest absolute Gasteiger partial charge is 0.270 e. The molecule has 1 N–H and O–H groups in total. The zero-order chi connectivity index (χ0) is 23.7. The summed E-state index contributed by atoms with van der Waals surface area (Å²) < 4.78 is 0. The van der Waals surface area contributed by atoms with Crippen LogP contribution in [0.15, 0.2) is 78.4 Å². The predicted molar refractivity (Wildman–Crippen MR) is 140 cm³/mol. The second-order valence-electron chi connectivity index (χ2n) is 8.34. The van der Waals surface area contributed by atoms with E-state index in [0.29, 0.717) is 10.7 Å². The van der Waals surface area contributed by atoms with Crippen LogP contribution in [0.3, 0.4) is 0 Å². The number of benzene rings is 3. The van der Waals surface area contributed by atoms with Crippen LogP contribution in [-0.2, 0) is 22.6 Å². The zero-order valence-electron chi connectivity index (χ0n) is 18.3. The Morgan fingerprint density at radius 2 is 1.82 bits per heavy atom. The van der Waals surface area contributed by atoms with Crippen molar-refractivity contribution in [2.45, 2.75) is 19.4 Å². The van der Waals surface area contributed by atoms with E-state index >= 15 is 0 Å². The van der Waals surface area contributed by atoms with E-state index < -0.39 is 11.8 Å². The van der Waals surface area contributed by atoms with Gasteiger partial charge in [0.2, 0.25) is 0 Å². The summed E-state index contributed by atoms with van der Waals surface area (Å²) in [6.45, 7) is 1.84. The van der Waals surface area contributed by atoms with E-state index in [1.54, 1.807) is 30.3 Å². The van der Waals surface area contributed by atoms with E-state index in [1.165, 1.54) is 21.7 Å². The van der Waals surface area contributed by atoms with Crippen LogP contribution < -0.4 is 15.1 Å². The molecule has 2 heterocycles. The monoisotopic (exact) mass is 487 g/mol. The molecule has 170 valence electrons. The van der Waals surface area contributed by atoms with Crippen LogP contribution in [-0.4, -0.2) is 23.5 Å². The van der Waals surface area contributed by atoms with Crippen molar-refractivity contribution in [1.82, 2.24) is 5.32 Å². The maximum absolute atomic E-state index is 13.3. The third-order valence-corrected chi connectivity index (χ3v) is 6.53. The van der Waals surface area contributed by atoms with Gasteiger partial charge in [-0.2, -0.15) is 0 Å². The fourth-order valence-corrected chi connectivity index (χ4v) is 4.89. The number of amides is 2. The molecule has 0 aromatic heterocycles. The number of nitrogens with zero attached hydrogens (tertiary/aromatic N) is 2. The van der Waals surface area contributed by atoms with E-state index in [4.69, 9.17) is 23.8 Å². The Morgan fingerprint density at radius 3 is 2.62 bits per heavy atom. The van der Waals surface area contributed by atoms with Crippen molar-refractivity contribution in [3.05, 3.63) is 100 Å². The van der Waals surface area contributed by atoms with Crippen LogP contribution in [0, 0.1) is 0 Å². The number of thiocarbonyl (C=S) groups is 1. The lowest BCUT2D eigenvalue weighted by atomic mass is 9.97. The van der Waals surface area contributed by atoms with Crippen LogP contribution >= 0.6 is 23.8 Å². The van der Waals surface area contributed by atoms with E-state index in [0.717, 1.165) is 31.5 Å². The molecule has 2 aliphatic heterocycles. The average Bonchev–Trinajstić information content (AvgIpc) is 2.82. The van der Waals surface area contributed by atoms with Crippen molar-refractivity contribution < 1.29 is 9.59 Å². The summed E-state index contributed by atoms with van der Waals surface area (Å²) in [5.74, 6) is -0.976. The molecule has 0 saturated carbocycles. The van der Waals surface area contributed by atoms with Gasteiger partial charge in [0.05, 0.1) is 5.69 Å². The Hall–Kier alpha value is -3.48. The topological polar surface area (TPSA) is 52.7 Å². The first kappa shape index (κ1) is 22.3. The van der Waals surface area contributed by atoms with Gasteiger partial charge in [0.1, 0.15) is 5.57 Å². The van der Waals surface area contributed by atoms with Gasteiger partial charge in [-0.25, -0.2) is 0 Å². The summed E-state index contributed by atoms with van der Waals surface area (Å²) in [5, 5.41) is 3.14. The Labute approximate surface area is 208 Å². The summed E-state index contributed by atoms with van der Waals surface area (Å²) >= 11 is 11.4. The molecule has 2 amide bonds. The molecule has 34 heavy (non-hydrogen) atoms. The largest absolute Gasteiger partial charge is 0.367 e. The third-order valence-electron chi connectivity index (χ3n) is 6.01. The minimum atomic E-state index is -0.503. The minimum absolute atomic E-state index is 0.0328. The molecule has 2 aliphatic rings. The van der Waals surface area contributed by atoms with Gasteiger partial charge >= 0.3 is 0 Å².